The highest BCUT2D eigenvalue weighted by atomic mass is 16.7. The number of aliphatic hydroxyl groups excluding tert-OH is 9. The average molecular weight is 1710 g/mol. The molecule has 8 unspecified atom stereocenters. The van der Waals surface area contributed by atoms with Crippen LogP contribution in [0.3, 0.4) is 0 Å². The lowest BCUT2D eigenvalue weighted by atomic mass is 9.82. The Morgan fingerprint density at radius 3 is 1.39 bits per heavy atom. The number of carbonyl (C=O) groups excluding carboxylic acids is 10. The first-order valence-corrected chi connectivity index (χ1v) is 42.2. The van der Waals surface area contributed by atoms with Crippen LogP contribution < -0.4 is 26.6 Å². The molecule has 686 valence electrons. The van der Waals surface area contributed by atoms with Gasteiger partial charge in [-0.25, -0.2) is 4.79 Å². The summed E-state index contributed by atoms with van der Waals surface area (Å²) in [6.45, 7) is 11.2. The van der Waals surface area contributed by atoms with Crippen LogP contribution in [0, 0.1) is 23.2 Å². The molecular weight excluding hydrogens is 1570 g/mol. The zero-order valence-electron chi connectivity index (χ0n) is 70.9. The minimum Gasteiger partial charge on any atom is -0.435 e. The van der Waals surface area contributed by atoms with Crippen LogP contribution in [0.15, 0.2) is 5.16 Å². The Balaban J connectivity index is 1.36. The van der Waals surface area contributed by atoms with Crippen molar-refractivity contribution in [2.24, 2.45) is 28.3 Å². The third-order valence-corrected chi connectivity index (χ3v) is 21.3. The van der Waals surface area contributed by atoms with Gasteiger partial charge < -0.3 is 130 Å². The molecule has 0 radical (unpaired) electrons. The second kappa shape index (κ2) is 56.1. The fourth-order valence-electron chi connectivity index (χ4n) is 14.3. The Kier molecular flexibility index (Phi) is 49.8. The Hall–Kier alpha value is -5.83. The number of ether oxygens (including phenoxy) is 11. The van der Waals surface area contributed by atoms with E-state index >= 15 is 0 Å². The van der Waals surface area contributed by atoms with E-state index in [2.05, 4.69) is 31.7 Å². The van der Waals surface area contributed by atoms with Gasteiger partial charge in [0.1, 0.15) is 70.9 Å². The molecule has 38 heteroatoms. The predicted molar refractivity (Wildman–Crippen MR) is 423 cm³/mol. The molecule has 0 aliphatic carbocycles. The number of hydrogen-bond acceptors (Lipinski definition) is 33. The molecule has 4 saturated heterocycles. The number of hydrogen-bond donors (Lipinski definition) is 15. The summed E-state index contributed by atoms with van der Waals surface area (Å²) in [6.07, 6.45) is -6.33. The first-order chi connectivity index (χ1) is 56.5. The lowest BCUT2D eigenvalue weighted by Gasteiger charge is -2.46. The Morgan fingerprint density at radius 2 is 0.941 bits per heavy atom. The predicted octanol–water partition coefficient (Wildman–Crippen LogP) is 1.10. The number of nitrogens with one attached hydrogen (secondary N) is 5. The molecule has 0 bridgehead atoms. The summed E-state index contributed by atoms with van der Waals surface area (Å²) in [6, 6.07) is -1.11. The molecule has 5 amide bonds. The van der Waals surface area contributed by atoms with E-state index in [1.165, 1.54) is 13.8 Å². The molecule has 38 nitrogen and oxygen atoms in total. The van der Waals surface area contributed by atoms with E-state index in [0.717, 1.165) is 6.21 Å². The van der Waals surface area contributed by atoms with Crippen molar-refractivity contribution in [2.45, 2.75) is 325 Å². The number of nitrogens with zero attached hydrogens (tertiary/aromatic N) is 1. The van der Waals surface area contributed by atoms with Gasteiger partial charge in [0.2, 0.25) is 29.4 Å². The number of amides is 5. The van der Waals surface area contributed by atoms with Gasteiger partial charge in [0.25, 0.3) is 6.47 Å². The molecule has 0 aromatic heterocycles. The van der Waals surface area contributed by atoms with Gasteiger partial charge in [0, 0.05) is 148 Å². The standard InChI is InChI=1S/C81H140N6O32/c1-52-69(101)71(103)62(44-88)115-74(52)111-36-18-15-26-56(93)22-11-9-13-24-58(95)30-39-108-48-80(49-109-40-31-59(96)25-14-10-12-23-57(94)27-16-19-37-112-75-53(2)70(102)72(104)63(45-89)116-75,50-110-41-32-66(99)83-34-21-33-82-65(98)28-17-20-38-113-76-54(3)73(105)79(8,107)64(46-90)117-76)87-67(100)29-35-84-77(106)119-85-43-61-68(86-55(4)92)60(97)42-81(118-61,114-51-91)47-78(5,6)7/h43,51-54,60-64,68-76,88-90,97,101-105,107H,9-42,44-50H2,1-8H3,(H,82,98)(H,83,99)(H,84,106)(H,86,92)(H,87,100)/t52-,53-,54-,60?,61?,62?,63?,64?,68+,69?,70?,71-,72-,73?,74+,75+,76+,79-,80?,81+/m1/s1. The van der Waals surface area contributed by atoms with Crippen molar-refractivity contribution in [3.63, 3.8) is 0 Å². The fraction of sp³-hybridized carbons (Fsp3) is 0.864. The zero-order chi connectivity index (χ0) is 88.1. The number of ketones is 4. The van der Waals surface area contributed by atoms with Crippen molar-refractivity contribution in [1.29, 1.82) is 0 Å². The Morgan fingerprint density at radius 1 is 0.504 bits per heavy atom. The first kappa shape index (κ1) is 106. The summed E-state index contributed by atoms with van der Waals surface area (Å²) in [5.41, 5.74) is -3.72. The average Bonchev–Trinajstić information content (AvgIpc) is 0.784. The molecule has 4 heterocycles. The minimum absolute atomic E-state index is 0.0388. The summed E-state index contributed by atoms with van der Waals surface area (Å²) in [7, 11) is 0. The number of aliphatic hydroxyl groups is 10. The van der Waals surface area contributed by atoms with E-state index < -0.39 is 176 Å². The summed E-state index contributed by atoms with van der Waals surface area (Å²) in [4.78, 5) is 134. The molecule has 119 heavy (non-hydrogen) atoms. The summed E-state index contributed by atoms with van der Waals surface area (Å²) >= 11 is 0. The van der Waals surface area contributed by atoms with E-state index in [9.17, 15) is 99.0 Å². The van der Waals surface area contributed by atoms with Gasteiger partial charge in [0.15, 0.2) is 18.9 Å². The molecule has 4 rings (SSSR count). The highest BCUT2D eigenvalue weighted by Gasteiger charge is 2.52. The van der Waals surface area contributed by atoms with Crippen LogP contribution in [0.25, 0.3) is 0 Å². The van der Waals surface area contributed by atoms with Crippen LogP contribution in [0.4, 0.5) is 4.79 Å². The summed E-state index contributed by atoms with van der Waals surface area (Å²) < 4.78 is 64.0. The van der Waals surface area contributed by atoms with E-state index in [0.29, 0.717) is 109 Å². The number of unbranched alkanes of at least 4 members (excludes halogenated alkanes) is 7. The summed E-state index contributed by atoms with van der Waals surface area (Å²) in [5, 5.41) is 119. The van der Waals surface area contributed by atoms with Gasteiger partial charge >= 0.3 is 6.09 Å². The highest BCUT2D eigenvalue weighted by Crippen LogP contribution is 2.40. The summed E-state index contributed by atoms with van der Waals surface area (Å²) in [5.74, 6) is -5.33. The van der Waals surface area contributed by atoms with Gasteiger partial charge in [-0.1, -0.05) is 59.5 Å². The van der Waals surface area contributed by atoms with Crippen LogP contribution in [-0.2, 0) is 100 Å². The maximum atomic E-state index is 14.1. The van der Waals surface area contributed by atoms with E-state index in [-0.39, 0.29) is 166 Å². The maximum absolute atomic E-state index is 14.1. The smallest absolute Gasteiger partial charge is 0.433 e. The normalized spacial score (nSPS) is 28.3. The van der Waals surface area contributed by atoms with Gasteiger partial charge in [-0.3, -0.25) is 48.0 Å². The van der Waals surface area contributed by atoms with Crippen molar-refractivity contribution >= 4 is 65.5 Å². The lowest BCUT2D eigenvalue weighted by Crippen LogP contribution is -2.62. The molecule has 0 saturated carbocycles. The van der Waals surface area contributed by atoms with Crippen molar-refractivity contribution in [2.75, 3.05) is 98.9 Å². The Labute approximate surface area is 697 Å². The second-order valence-electron chi connectivity index (χ2n) is 33.1. The van der Waals surface area contributed by atoms with Crippen LogP contribution in [0.5, 0.6) is 0 Å². The molecule has 4 aliphatic rings. The molecular formula is C81H140N6O32. The molecule has 0 spiro atoms. The quantitative estimate of drug-likeness (QED) is 0.0133. The second-order valence-corrected chi connectivity index (χ2v) is 33.1. The minimum atomic E-state index is -1.66. The van der Waals surface area contributed by atoms with Gasteiger partial charge in [-0.15, -0.1) is 0 Å². The Bertz CT molecular complexity index is 2940. The van der Waals surface area contributed by atoms with E-state index in [4.69, 9.17) is 56.9 Å². The zero-order valence-corrected chi connectivity index (χ0v) is 70.9. The molecule has 19 atom stereocenters. The monoisotopic (exact) mass is 1710 g/mol. The third kappa shape index (κ3) is 39.7. The van der Waals surface area contributed by atoms with E-state index in [1.54, 1.807) is 20.8 Å². The van der Waals surface area contributed by atoms with Gasteiger partial charge in [0.05, 0.1) is 96.1 Å². The van der Waals surface area contributed by atoms with Crippen LogP contribution in [0.1, 0.15) is 222 Å². The molecule has 4 fully saturated rings. The lowest BCUT2D eigenvalue weighted by molar-refractivity contribution is -0.311. The van der Waals surface area contributed by atoms with Crippen molar-refractivity contribution in [3.05, 3.63) is 0 Å². The number of carbonyl (C=O) groups is 10. The van der Waals surface area contributed by atoms with Crippen LogP contribution >= 0.6 is 0 Å². The van der Waals surface area contributed by atoms with Gasteiger partial charge in [-0.2, -0.15) is 0 Å². The first-order valence-electron chi connectivity index (χ1n) is 42.2. The SMILES string of the molecule is CC(=O)N[C@H]1C(O)C[C@](CC(C)(C)C)(OC=O)OC1C=NOC(=O)NCCC(=O)NC(COCCC(=O)CCCCCC(=O)CCCCO[C@H]1OC(CO)[C@@H](O)C(O)[C@H]1C)(COCCC(=O)CCCCCC(=O)CCCCO[C@H]1OC(CO)[C@@H](O)C(O)[C@H]1C)COCCC(=O)NCCCNC(=O)CCCCO[C@H]1OC(CO)[C@@](C)(O)C(O)[C@H]1C. The highest BCUT2D eigenvalue weighted by molar-refractivity contribution is 5.81. The number of oxime groups is 1. The fourth-order valence-corrected chi connectivity index (χ4v) is 14.3. The van der Waals surface area contributed by atoms with Crippen LogP contribution in [0.2, 0.25) is 0 Å². The molecule has 0 aromatic rings. The number of rotatable bonds is 62. The molecule has 4 aliphatic heterocycles. The van der Waals surface area contributed by atoms with Crippen molar-refractivity contribution in [3.8, 4) is 0 Å². The van der Waals surface area contributed by atoms with Crippen LogP contribution in [-0.4, -0.2) is 318 Å². The van der Waals surface area contributed by atoms with Gasteiger partial charge in [-0.05, 0) is 83.0 Å². The van der Waals surface area contributed by atoms with Crippen molar-refractivity contribution < 1.29 is 156 Å². The number of Topliss-reactive ketones (excluding diaryl/α,β-unsaturated/α-hetero) is 4. The third-order valence-electron chi connectivity index (χ3n) is 21.3. The topological polar surface area (TPSA) is 556 Å². The molecule has 0 aromatic carbocycles. The van der Waals surface area contributed by atoms with Crippen molar-refractivity contribution in [1.82, 2.24) is 26.6 Å². The molecule has 15 N–H and O–H groups in total. The maximum Gasteiger partial charge on any atom is 0.433 e. The largest absolute Gasteiger partial charge is 0.435 e. The van der Waals surface area contributed by atoms with E-state index in [1.807, 2.05) is 20.8 Å².